The van der Waals surface area contributed by atoms with Gasteiger partial charge in [0.15, 0.2) is 0 Å². The van der Waals surface area contributed by atoms with Gasteiger partial charge in [0.25, 0.3) is 0 Å². The Balaban J connectivity index is 2.14. The van der Waals surface area contributed by atoms with Gasteiger partial charge in [-0.1, -0.05) is 5.21 Å². The van der Waals surface area contributed by atoms with Crippen LogP contribution in [0.1, 0.15) is 58.1 Å². The number of Topliss-reactive ketones (excluding diaryl/α,β-unsaturated/α-hetero) is 2. The van der Waals surface area contributed by atoms with Crippen LogP contribution in [-0.2, 0) is 46.4 Å². The SMILES string of the molecule is CCOCCC(=O)CCCCC(=O)N(C)CC(=O)N(C)CC(=O)NCCOCCn1cc(CCC(C)=O)nn1. The summed E-state index contributed by atoms with van der Waals surface area (Å²) in [7, 11) is 3.05. The number of aryl methyl sites for hydroxylation is 1. The molecule has 0 bridgehead atoms. The fourth-order valence-electron chi connectivity index (χ4n) is 3.41. The highest BCUT2D eigenvalue weighted by atomic mass is 16.5. The van der Waals surface area contributed by atoms with Crippen molar-refractivity contribution in [1.82, 2.24) is 30.1 Å². The zero-order chi connectivity index (χ0) is 29.0. The van der Waals surface area contributed by atoms with Crippen molar-refractivity contribution in [3.8, 4) is 0 Å². The molecule has 0 saturated heterocycles. The van der Waals surface area contributed by atoms with Crippen LogP contribution in [0.3, 0.4) is 0 Å². The number of carbonyl (C=O) groups is 5. The van der Waals surface area contributed by atoms with Crippen LogP contribution in [0, 0.1) is 0 Å². The summed E-state index contributed by atoms with van der Waals surface area (Å²) in [4.78, 5) is 62.2. The largest absolute Gasteiger partial charge is 0.381 e. The van der Waals surface area contributed by atoms with Crippen molar-refractivity contribution in [2.24, 2.45) is 0 Å². The number of hydrogen-bond acceptors (Lipinski definition) is 9. The normalized spacial score (nSPS) is 10.8. The molecule has 1 N–H and O–H groups in total. The molecule has 1 aromatic rings. The molecule has 0 aliphatic heterocycles. The van der Waals surface area contributed by atoms with Crippen molar-refractivity contribution in [3.05, 3.63) is 11.9 Å². The zero-order valence-electron chi connectivity index (χ0n) is 23.8. The number of aromatic nitrogens is 3. The average Bonchev–Trinajstić information content (AvgIpc) is 3.35. The van der Waals surface area contributed by atoms with Crippen LogP contribution >= 0.6 is 0 Å². The van der Waals surface area contributed by atoms with E-state index in [1.54, 1.807) is 17.9 Å². The highest BCUT2D eigenvalue weighted by molar-refractivity contribution is 5.88. The number of unbranched alkanes of at least 4 members (excludes halogenated alkanes) is 1. The zero-order valence-corrected chi connectivity index (χ0v) is 23.8. The third kappa shape index (κ3) is 16.4. The van der Waals surface area contributed by atoms with Crippen molar-refractivity contribution in [2.75, 3.05) is 60.2 Å². The van der Waals surface area contributed by atoms with E-state index in [4.69, 9.17) is 9.47 Å². The van der Waals surface area contributed by atoms with E-state index in [0.29, 0.717) is 71.5 Å². The van der Waals surface area contributed by atoms with E-state index >= 15 is 0 Å². The number of amides is 3. The van der Waals surface area contributed by atoms with Crippen LogP contribution in [0.25, 0.3) is 0 Å². The van der Waals surface area contributed by atoms with E-state index in [1.165, 1.54) is 23.8 Å². The van der Waals surface area contributed by atoms with Gasteiger partial charge in [0.05, 0.1) is 45.1 Å². The first-order chi connectivity index (χ1) is 18.6. The molecule has 220 valence electrons. The molecule has 1 aromatic heterocycles. The average molecular weight is 553 g/mol. The summed E-state index contributed by atoms with van der Waals surface area (Å²) in [6.45, 7) is 5.63. The standard InChI is InChI=1S/C26H44N6O7/c1-5-38-15-12-23(34)8-6-7-9-25(36)31(4)20-26(37)30(3)19-24(35)27-13-16-39-17-14-32-18-22(28-29-32)11-10-21(2)33/h18H,5-17,19-20H2,1-4H3,(H,27,35). The summed E-state index contributed by atoms with van der Waals surface area (Å²) in [6, 6.07) is 0. The van der Waals surface area contributed by atoms with Crippen molar-refractivity contribution in [2.45, 2.75) is 65.3 Å². The first-order valence-electron chi connectivity index (χ1n) is 13.4. The molecule has 0 aliphatic carbocycles. The molecule has 13 heteroatoms. The Kier molecular flexibility index (Phi) is 17.2. The fraction of sp³-hybridized carbons (Fsp3) is 0.731. The first-order valence-corrected chi connectivity index (χ1v) is 13.4. The van der Waals surface area contributed by atoms with E-state index in [0.717, 1.165) is 5.69 Å². The van der Waals surface area contributed by atoms with Crippen molar-refractivity contribution in [1.29, 1.82) is 0 Å². The van der Waals surface area contributed by atoms with Crippen LogP contribution in [0.5, 0.6) is 0 Å². The number of rotatable bonds is 22. The van der Waals surface area contributed by atoms with Gasteiger partial charge in [-0.15, -0.1) is 5.10 Å². The summed E-state index contributed by atoms with van der Waals surface area (Å²) in [5.74, 6) is -0.634. The lowest BCUT2D eigenvalue weighted by Gasteiger charge is -2.22. The number of hydrogen-bond donors (Lipinski definition) is 1. The van der Waals surface area contributed by atoms with Crippen LogP contribution in [0.2, 0.25) is 0 Å². The Morgan fingerprint density at radius 2 is 1.62 bits per heavy atom. The highest BCUT2D eigenvalue weighted by Crippen LogP contribution is 2.05. The molecular formula is C26H44N6O7. The third-order valence-corrected chi connectivity index (χ3v) is 5.78. The number of carbonyl (C=O) groups excluding carboxylic acids is 5. The topological polar surface area (TPSA) is 153 Å². The maximum atomic E-state index is 12.4. The van der Waals surface area contributed by atoms with E-state index in [-0.39, 0.29) is 55.3 Å². The van der Waals surface area contributed by atoms with Crippen molar-refractivity contribution in [3.63, 3.8) is 0 Å². The fourth-order valence-corrected chi connectivity index (χ4v) is 3.41. The molecule has 0 atom stereocenters. The number of nitrogens with one attached hydrogen (secondary N) is 1. The molecule has 0 unspecified atom stereocenters. The molecule has 13 nitrogen and oxygen atoms in total. The van der Waals surface area contributed by atoms with E-state index in [2.05, 4.69) is 15.6 Å². The van der Waals surface area contributed by atoms with Gasteiger partial charge < -0.3 is 29.4 Å². The molecule has 0 aliphatic rings. The Hall–Kier alpha value is -3.19. The Morgan fingerprint density at radius 3 is 2.33 bits per heavy atom. The molecule has 1 rings (SSSR count). The van der Waals surface area contributed by atoms with Crippen LogP contribution < -0.4 is 5.32 Å². The van der Waals surface area contributed by atoms with Gasteiger partial charge in [-0.25, -0.2) is 4.68 Å². The van der Waals surface area contributed by atoms with Gasteiger partial charge in [-0.05, 0) is 33.1 Å². The van der Waals surface area contributed by atoms with E-state index < -0.39 is 0 Å². The summed E-state index contributed by atoms with van der Waals surface area (Å²) < 4.78 is 12.3. The molecule has 0 aromatic carbocycles. The molecule has 0 fully saturated rings. The van der Waals surface area contributed by atoms with Gasteiger partial charge in [-0.3, -0.25) is 19.2 Å². The van der Waals surface area contributed by atoms with Crippen molar-refractivity contribution < 1.29 is 33.4 Å². The Bertz CT molecular complexity index is 920. The minimum Gasteiger partial charge on any atom is -0.381 e. The maximum absolute atomic E-state index is 12.4. The van der Waals surface area contributed by atoms with Crippen LogP contribution in [0.4, 0.5) is 0 Å². The predicted octanol–water partition coefficient (Wildman–Crippen LogP) is 0.405. The minimum atomic E-state index is -0.348. The van der Waals surface area contributed by atoms with E-state index in [9.17, 15) is 24.0 Å². The summed E-state index contributed by atoms with van der Waals surface area (Å²) >= 11 is 0. The Labute approximate surface area is 230 Å². The second-order valence-electron chi connectivity index (χ2n) is 9.33. The monoisotopic (exact) mass is 552 g/mol. The van der Waals surface area contributed by atoms with E-state index in [1.807, 2.05) is 6.92 Å². The van der Waals surface area contributed by atoms with Gasteiger partial charge in [0, 0.05) is 59.1 Å². The van der Waals surface area contributed by atoms with Crippen molar-refractivity contribution >= 4 is 29.3 Å². The third-order valence-electron chi connectivity index (χ3n) is 5.78. The predicted molar refractivity (Wildman–Crippen MR) is 143 cm³/mol. The lowest BCUT2D eigenvalue weighted by molar-refractivity contribution is -0.140. The molecule has 1 heterocycles. The number of likely N-dealkylation sites (N-methyl/N-ethyl adjacent to an activating group) is 2. The number of ketones is 2. The summed E-state index contributed by atoms with van der Waals surface area (Å²) in [5.41, 5.74) is 0.754. The van der Waals surface area contributed by atoms with Gasteiger partial charge in [-0.2, -0.15) is 0 Å². The second kappa shape index (κ2) is 19.8. The van der Waals surface area contributed by atoms with Gasteiger partial charge in [0.1, 0.15) is 11.6 Å². The minimum absolute atomic E-state index is 0.106. The number of nitrogens with zero attached hydrogens (tertiary/aromatic N) is 5. The van der Waals surface area contributed by atoms with Gasteiger partial charge >= 0.3 is 0 Å². The summed E-state index contributed by atoms with van der Waals surface area (Å²) in [5, 5.41) is 10.7. The Morgan fingerprint density at radius 1 is 0.897 bits per heavy atom. The molecular weight excluding hydrogens is 508 g/mol. The smallest absolute Gasteiger partial charge is 0.242 e. The molecule has 0 saturated carbocycles. The van der Waals surface area contributed by atoms with Gasteiger partial charge in [0.2, 0.25) is 17.7 Å². The van der Waals surface area contributed by atoms with Crippen LogP contribution in [0.15, 0.2) is 6.20 Å². The molecule has 0 radical (unpaired) electrons. The highest BCUT2D eigenvalue weighted by Gasteiger charge is 2.18. The molecule has 0 spiro atoms. The van der Waals surface area contributed by atoms with Crippen LogP contribution in [-0.4, -0.2) is 114 Å². The quantitative estimate of drug-likeness (QED) is 0.201. The summed E-state index contributed by atoms with van der Waals surface area (Å²) in [6.07, 6.45) is 5.02. The first kappa shape index (κ1) is 33.8. The second-order valence-corrected chi connectivity index (χ2v) is 9.33. The number of ether oxygens (including phenoxy) is 2. The maximum Gasteiger partial charge on any atom is 0.242 e. The lowest BCUT2D eigenvalue weighted by atomic mass is 10.1. The molecule has 3 amide bonds. The molecule has 39 heavy (non-hydrogen) atoms. The lowest BCUT2D eigenvalue weighted by Crippen LogP contribution is -2.44.